The van der Waals surface area contributed by atoms with E-state index in [1.54, 1.807) is 4.90 Å². The minimum absolute atomic E-state index is 0.0169. The number of amides is 2. The van der Waals surface area contributed by atoms with Gasteiger partial charge in [0.2, 0.25) is 11.8 Å². The standard InChI is InChI=1S/C20H26N4O2/c1-3-19(25)23-11-9-17(10-12-23)20(26)21-18-13-15(2)24(22-18)14-16-7-5-4-6-8-16/h3-8,15,17H,1,9-14H2,2H3,(H,21,22,26). The van der Waals surface area contributed by atoms with Crippen LogP contribution >= 0.6 is 0 Å². The van der Waals surface area contributed by atoms with Crippen molar-refractivity contribution in [3.8, 4) is 0 Å². The van der Waals surface area contributed by atoms with Gasteiger partial charge in [-0.25, -0.2) is 0 Å². The van der Waals surface area contributed by atoms with Gasteiger partial charge in [0.05, 0.1) is 12.6 Å². The van der Waals surface area contributed by atoms with Gasteiger partial charge in [-0.1, -0.05) is 36.9 Å². The molecule has 0 aliphatic carbocycles. The number of nitrogens with one attached hydrogen (secondary N) is 1. The van der Waals surface area contributed by atoms with Crippen LogP contribution in [0.4, 0.5) is 0 Å². The molecule has 3 rings (SSSR count). The van der Waals surface area contributed by atoms with Crippen molar-refractivity contribution in [3.63, 3.8) is 0 Å². The maximum Gasteiger partial charge on any atom is 0.245 e. The maximum atomic E-state index is 12.5. The van der Waals surface area contributed by atoms with E-state index in [9.17, 15) is 9.59 Å². The molecule has 1 unspecified atom stereocenters. The molecule has 26 heavy (non-hydrogen) atoms. The molecule has 0 aromatic heterocycles. The zero-order valence-electron chi connectivity index (χ0n) is 15.2. The lowest BCUT2D eigenvalue weighted by Gasteiger charge is -2.30. The topological polar surface area (TPSA) is 65.0 Å². The second kappa shape index (κ2) is 8.17. The molecule has 2 amide bonds. The van der Waals surface area contributed by atoms with E-state index < -0.39 is 0 Å². The molecule has 2 aliphatic heterocycles. The number of carbonyl (C=O) groups is 2. The zero-order valence-corrected chi connectivity index (χ0v) is 15.2. The summed E-state index contributed by atoms with van der Waals surface area (Å²) in [6, 6.07) is 10.5. The van der Waals surface area contributed by atoms with Gasteiger partial charge in [-0.05, 0) is 31.4 Å². The van der Waals surface area contributed by atoms with Gasteiger partial charge in [0.1, 0.15) is 5.84 Å². The molecule has 0 bridgehead atoms. The Bertz CT molecular complexity index is 693. The van der Waals surface area contributed by atoms with Crippen LogP contribution in [0.1, 0.15) is 31.7 Å². The van der Waals surface area contributed by atoms with Crippen LogP contribution in [0, 0.1) is 5.92 Å². The van der Waals surface area contributed by atoms with Crippen LogP contribution in [0.2, 0.25) is 0 Å². The average Bonchev–Trinajstić information content (AvgIpc) is 3.00. The summed E-state index contributed by atoms with van der Waals surface area (Å²) >= 11 is 0. The predicted octanol–water partition coefficient (Wildman–Crippen LogP) is 2.14. The Morgan fingerprint density at radius 1 is 1.27 bits per heavy atom. The highest BCUT2D eigenvalue weighted by atomic mass is 16.2. The third kappa shape index (κ3) is 4.31. The molecule has 1 fully saturated rings. The summed E-state index contributed by atoms with van der Waals surface area (Å²) in [6.45, 7) is 7.57. The van der Waals surface area contributed by atoms with E-state index in [-0.39, 0.29) is 23.8 Å². The highest BCUT2D eigenvalue weighted by molar-refractivity contribution is 6.00. The lowest BCUT2D eigenvalue weighted by Crippen LogP contribution is -2.43. The number of carbonyl (C=O) groups excluding carboxylic acids is 2. The zero-order chi connectivity index (χ0) is 18.5. The van der Waals surface area contributed by atoms with Gasteiger partial charge in [-0.15, -0.1) is 0 Å². The Balaban J connectivity index is 1.52. The van der Waals surface area contributed by atoms with E-state index in [0.29, 0.717) is 25.9 Å². The van der Waals surface area contributed by atoms with Crippen molar-refractivity contribution in [2.24, 2.45) is 11.0 Å². The summed E-state index contributed by atoms with van der Waals surface area (Å²) in [5, 5.41) is 9.62. The van der Waals surface area contributed by atoms with E-state index >= 15 is 0 Å². The van der Waals surface area contributed by atoms with Crippen molar-refractivity contribution < 1.29 is 9.59 Å². The number of nitrogens with zero attached hydrogens (tertiary/aromatic N) is 3. The molecule has 0 spiro atoms. The normalized spacial score (nSPS) is 20.7. The minimum atomic E-state index is -0.0648. The first-order valence-corrected chi connectivity index (χ1v) is 9.17. The van der Waals surface area contributed by atoms with E-state index in [1.807, 2.05) is 23.2 Å². The molecule has 1 aromatic carbocycles. The van der Waals surface area contributed by atoms with Gasteiger partial charge in [-0.3, -0.25) is 14.6 Å². The number of hydrazone groups is 1. The molecule has 0 saturated carbocycles. The number of piperidine rings is 1. The Hall–Kier alpha value is -2.63. The highest BCUT2D eigenvalue weighted by Gasteiger charge is 2.29. The second-order valence-corrected chi connectivity index (χ2v) is 6.98. The number of benzene rings is 1. The molecule has 2 heterocycles. The fourth-order valence-electron chi connectivity index (χ4n) is 3.45. The van der Waals surface area contributed by atoms with Crippen LogP contribution in [0.3, 0.4) is 0 Å². The Morgan fingerprint density at radius 3 is 2.62 bits per heavy atom. The van der Waals surface area contributed by atoms with Crippen molar-refractivity contribution in [3.05, 3.63) is 48.6 Å². The molecule has 6 nitrogen and oxygen atoms in total. The SMILES string of the molecule is C=CC(=O)N1CCC(C(=O)NC2=NN(Cc3ccccc3)C(C)C2)CC1. The molecule has 1 N–H and O–H groups in total. The molecule has 138 valence electrons. The van der Waals surface area contributed by atoms with Crippen molar-refractivity contribution in [2.75, 3.05) is 13.1 Å². The van der Waals surface area contributed by atoms with Crippen LogP contribution in [0.25, 0.3) is 0 Å². The predicted molar refractivity (Wildman–Crippen MR) is 101 cm³/mol. The summed E-state index contributed by atoms with van der Waals surface area (Å²) in [5.74, 6) is 0.630. The van der Waals surface area contributed by atoms with Crippen LogP contribution in [-0.4, -0.2) is 46.7 Å². The van der Waals surface area contributed by atoms with Gasteiger partial charge in [0.25, 0.3) is 0 Å². The molecule has 0 radical (unpaired) electrons. The van der Waals surface area contributed by atoms with E-state index in [0.717, 1.165) is 18.8 Å². The summed E-state index contributed by atoms with van der Waals surface area (Å²) in [7, 11) is 0. The summed E-state index contributed by atoms with van der Waals surface area (Å²) in [5.41, 5.74) is 1.20. The first kappa shape index (κ1) is 18.2. The van der Waals surface area contributed by atoms with Gasteiger partial charge in [0.15, 0.2) is 0 Å². The Kier molecular flexibility index (Phi) is 5.71. The molecular formula is C20H26N4O2. The molecule has 6 heteroatoms. The molecule has 1 aromatic rings. The largest absolute Gasteiger partial charge is 0.339 e. The fraction of sp³-hybridized carbons (Fsp3) is 0.450. The van der Waals surface area contributed by atoms with Crippen molar-refractivity contribution >= 4 is 17.6 Å². The molecule has 1 saturated heterocycles. The summed E-state index contributed by atoms with van der Waals surface area (Å²) in [6.07, 6.45) is 3.44. The molecule has 1 atom stereocenters. The van der Waals surface area contributed by atoms with Crippen LogP contribution in [-0.2, 0) is 16.1 Å². The highest BCUT2D eigenvalue weighted by Crippen LogP contribution is 2.20. The minimum Gasteiger partial charge on any atom is -0.339 e. The quantitative estimate of drug-likeness (QED) is 0.843. The third-order valence-electron chi connectivity index (χ3n) is 5.05. The van der Waals surface area contributed by atoms with Crippen molar-refractivity contribution in [1.82, 2.24) is 15.2 Å². The smallest absolute Gasteiger partial charge is 0.245 e. The number of hydrogen-bond acceptors (Lipinski definition) is 4. The van der Waals surface area contributed by atoms with Gasteiger partial charge in [-0.2, -0.15) is 5.10 Å². The number of hydrogen-bond donors (Lipinski definition) is 1. The Morgan fingerprint density at radius 2 is 1.96 bits per heavy atom. The molecular weight excluding hydrogens is 328 g/mol. The van der Waals surface area contributed by atoms with Crippen molar-refractivity contribution in [2.45, 2.75) is 38.8 Å². The van der Waals surface area contributed by atoms with Crippen molar-refractivity contribution in [1.29, 1.82) is 0 Å². The lowest BCUT2D eigenvalue weighted by atomic mass is 9.95. The van der Waals surface area contributed by atoms with Gasteiger partial charge >= 0.3 is 0 Å². The monoisotopic (exact) mass is 354 g/mol. The van der Waals surface area contributed by atoms with Crippen LogP contribution in [0.15, 0.2) is 48.1 Å². The average molecular weight is 354 g/mol. The van der Waals surface area contributed by atoms with Gasteiger partial charge < -0.3 is 10.2 Å². The number of likely N-dealkylation sites (tertiary alicyclic amines) is 1. The lowest BCUT2D eigenvalue weighted by molar-refractivity contribution is -0.131. The van der Waals surface area contributed by atoms with Gasteiger partial charge in [0, 0.05) is 25.4 Å². The van der Waals surface area contributed by atoms with Crippen LogP contribution < -0.4 is 5.32 Å². The fourth-order valence-corrected chi connectivity index (χ4v) is 3.45. The first-order valence-electron chi connectivity index (χ1n) is 9.17. The Labute approximate surface area is 154 Å². The number of rotatable bonds is 4. The van der Waals surface area contributed by atoms with E-state index in [4.69, 9.17) is 0 Å². The first-order chi connectivity index (χ1) is 12.6. The van der Waals surface area contributed by atoms with Crippen LogP contribution in [0.5, 0.6) is 0 Å². The molecule has 2 aliphatic rings. The third-order valence-corrected chi connectivity index (χ3v) is 5.05. The summed E-state index contributed by atoms with van der Waals surface area (Å²) in [4.78, 5) is 25.9. The van der Waals surface area contributed by atoms with E-state index in [2.05, 4.69) is 36.1 Å². The van der Waals surface area contributed by atoms with E-state index in [1.165, 1.54) is 11.6 Å². The summed E-state index contributed by atoms with van der Waals surface area (Å²) < 4.78 is 0. The number of amidine groups is 1. The maximum absolute atomic E-state index is 12.5. The second-order valence-electron chi connectivity index (χ2n) is 6.98.